The molecule has 1 aromatic rings. The van der Waals surface area contributed by atoms with E-state index < -0.39 is 11.9 Å². The molecular formula is C30H38ClNO6. The van der Waals surface area contributed by atoms with Crippen molar-refractivity contribution < 1.29 is 29.0 Å². The topological polar surface area (TPSA) is 93.1 Å². The average molecular weight is 544 g/mol. The van der Waals surface area contributed by atoms with Crippen LogP contribution in [0.25, 0.3) is 0 Å². The molecule has 0 aromatic heterocycles. The summed E-state index contributed by atoms with van der Waals surface area (Å²) in [5, 5.41) is 9.88. The first kappa shape index (κ1) is 28.2. The number of carboxylic acid groups (broad SMARTS) is 1. The molecule has 0 bridgehead atoms. The molecule has 0 saturated heterocycles. The maximum absolute atomic E-state index is 13.8. The fourth-order valence-corrected chi connectivity index (χ4v) is 6.38. The van der Waals surface area contributed by atoms with E-state index in [-0.39, 0.29) is 35.4 Å². The van der Waals surface area contributed by atoms with Crippen molar-refractivity contribution in [3.8, 4) is 11.5 Å². The molecule has 0 radical (unpaired) electrons. The molecule has 2 aliphatic carbocycles. The number of rotatable bonds is 8. The molecule has 0 atom stereocenters. The fourth-order valence-electron chi connectivity index (χ4n) is 6.11. The largest absolute Gasteiger partial charge is 0.493 e. The highest BCUT2D eigenvalue weighted by atomic mass is 35.5. The molecule has 1 aromatic carbocycles. The monoisotopic (exact) mass is 543 g/mol. The molecule has 0 fully saturated rings. The van der Waals surface area contributed by atoms with Crippen LogP contribution in [0.15, 0.2) is 34.7 Å². The van der Waals surface area contributed by atoms with Gasteiger partial charge in [-0.3, -0.25) is 14.4 Å². The second-order valence-corrected chi connectivity index (χ2v) is 12.6. The summed E-state index contributed by atoms with van der Waals surface area (Å²) in [5.74, 6) is -0.669. The number of ether oxygens (including phenoxy) is 2. The number of benzene rings is 1. The van der Waals surface area contributed by atoms with E-state index in [1.165, 1.54) is 0 Å². The van der Waals surface area contributed by atoms with Crippen LogP contribution in [0.4, 0.5) is 0 Å². The molecule has 0 unspecified atom stereocenters. The van der Waals surface area contributed by atoms with Gasteiger partial charge in [-0.05, 0) is 47.8 Å². The Balaban J connectivity index is 1.98. The molecule has 0 amide bonds. The average Bonchev–Trinajstić information content (AvgIpc) is 2.79. The predicted molar refractivity (Wildman–Crippen MR) is 146 cm³/mol. The lowest BCUT2D eigenvalue weighted by Gasteiger charge is -2.49. The summed E-state index contributed by atoms with van der Waals surface area (Å²) in [6.07, 6.45) is 2.62. The maximum atomic E-state index is 13.8. The van der Waals surface area contributed by atoms with Gasteiger partial charge in [0, 0.05) is 47.8 Å². The van der Waals surface area contributed by atoms with E-state index in [0.717, 1.165) is 17.8 Å². The van der Waals surface area contributed by atoms with Gasteiger partial charge in [-0.15, -0.1) is 0 Å². The first-order valence-corrected chi connectivity index (χ1v) is 13.7. The van der Waals surface area contributed by atoms with E-state index >= 15 is 0 Å². The van der Waals surface area contributed by atoms with E-state index in [4.69, 9.17) is 21.1 Å². The lowest BCUT2D eigenvalue weighted by molar-refractivity contribution is -0.137. The second-order valence-electron chi connectivity index (χ2n) is 12.2. The number of nitrogens with zero attached hydrogens (tertiary/aromatic N) is 1. The molecule has 38 heavy (non-hydrogen) atoms. The molecule has 1 N–H and O–H groups in total. The molecule has 0 saturated carbocycles. The number of aliphatic carboxylic acids is 1. The molecule has 8 heteroatoms. The van der Waals surface area contributed by atoms with Gasteiger partial charge in [0.1, 0.15) is 0 Å². The summed E-state index contributed by atoms with van der Waals surface area (Å²) in [5.41, 5.74) is 2.91. The lowest BCUT2D eigenvalue weighted by atomic mass is 9.63. The maximum Gasteiger partial charge on any atom is 0.305 e. The smallest absolute Gasteiger partial charge is 0.305 e. The van der Waals surface area contributed by atoms with E-state index in [1.54, 1.807) is 13.2 Å². The number of ketones is 2. The van der Waals surface area contributed by atoms with Crippen molar-refractivity contribution in [3.63, 3.8) is 0 Å². The molecule has 0 spiro atoms. The van der Waals surface area contributed by atoms with Gasteiger partial charge in [0.2, 0.25) is 0 Å². The first-order valence-electron chi connectivity index (χ1n) is 13.3. The number of Topliss-reactive ketones (excluding diaryl/α,β-unsaturated/α-hetero) is 2. The van der Waals surface area contributed by atoms with Crippen LogP contribution in [0.3, 0.4) is 0 Å². The van der Waals surface area contributed by atoms with Gasteiger partial charge < -0.3 is 19.5 Å². The quantitative estimate of drug-likeness (QED) is 0.411. The Bertz CT molecular complexity index is 1190. The Labute approximate surface area is 229 Å². The first-order chi connectivity index (χ1) is 17.8. The second kappa shape index (κ2) is 10.4. The van der Waals surface area contributed by atoms with E-state index in [2.05, 4.69) is 27.7 Å². The zero-order chi connectivity index (χ0) is 28.0. The normalized spacial score (nSPS) is 20.9. The summed E-state index contributed by atoms with van der Waals surface area (Å²) in [6, 6.07) is 3.60. The summed E-state index contributed by atoms with van der Waals surface area (Å²) in [6.45, 7) is 10.9. The zero-order valence-electron chi connectivity index (χ0n) is 23.2. The Morgan fingerprint density at radius 3 is 2.05 bits per heavy atom. The number of carbonyl (C=O) groups excluding carboxylic acids is 2. The highest BCUT2D eigenvalue weighted by Gasteiger charge is 2.49. The third-order valence-corrected chi connectivity index (χ3v) is 7.89. The van der Waals surface area contributed by atoms with Gasteiger partial charge in [0.25, 0.3) is 0 Å². The highest BCUT2D eigenvalue weighted by Crippen LogP contribution is 2.55. The standard InChI is InChI=1S/C30H38ClNO6/c1-7-10-38-28-18(31)11-17(12-23(28)37-6)25-26-19(13-29(2,3)15-21(26)33)32(9-8-24(35)36)20-14-30(4,5)16-22(34)27(20)25/h11-12,25H,7-10,13-16H2,1-6H3,(H,35,36). The Hall–Kier alpha value is -2.80. The SMILES string of the molecule is CCCOc1c(Cl)cc(C2C3=C(CC(C)(C)CC3=O)N(CCC(=O)O)C3=C2C(=O)CC(C)(C)C3)cc1OC. The van der Waals surface area contributed by atoms with Crippen molar-refractivity contribution in [2.45, 2.75) is 79.1 Å². The molecule has 206 valence electrons. The van der Waals surface area contributed by atoms with Crippen LogP contribution < -0.4 is 9.47 Å². The lowest BCUT2D eigenvalue weighted by Crippen LogP contribution is -2.45. The van der Waals surface area contributed by atoms with Crippen LogP contribution in [0, 0.1) is 10.8 Å². The van der Waals surface area contributed by atoms with Crippen molar-refractivity contribution in [1.82, 2.24) is 4.90 Å². The van der Waals surface area contributed by atoms with Crippen molar-refractivity contribution >= 4 is 29.1 Å². The van der Waals surface area contributed by atoms with E-state index in [1.807, 2.05) is 17.9 Å². The van der Waals surface area contributed by atoms with Crippen LogP contribution in [0.1, 0.15) is 84.6 Å². The number of allylic oxidation sites excluding steroid dienone is 4. The number of carbonyl (C=O) groups is 3. The van der Waals surface area contributed by atoms with Crippen LogP contribution in [-0.4, -0.2) is 47.8 Å². The van der Waals surface area contributed by atoms with Gasteiger partial charge >= 0.3 is 5.97 Å². The summed E-state index contributed by atoms with van der Waals surface area (Å²) in [4.78, 5) is 41.3. The third-order valence-electron chi connectivity index (χ3n) is 7.61. The zero-order valence-corrected chi connectivity index (χ0v) is 24.0. The summed E-state index contributed by atoms with van der Waals surface area (Å²) < 4.78 is 11.5. The number of methoxy groups -OCH3 is 1. The molecule has 1 aliphatic heterocycles. The number of halogens is 1. The van der Waals surface area contributed by atoms with Crippen LogP contribution >= 0.6 is 11.6 Å². The predicted octanol–water partition coefficient (Wildman–Crippen LogP) is 6.30. The number of hydrogen-bond donors (Lipinski definition) is 1. The van der Waals surface area contributed by atoms with Crippen molar-refractivity contribution in [2.24, 2.45) is 10.8 Å². The van der Waals surface area contributed by atoms with E-state index in [0.29, 0.717) is 65.5 Å². The Morgan fingerprint density at radius 2 is 1.58 bits per heavy atom. The summed E-state index contributed by atoms with van der Waals surface area (Å²) >= 11 is 6.71. The molecule has 4 rings (SSSR count). The van der Waals surface area contributed by atoms with Gasteiger partial charge in [-0.2, -0.15) is 0 Å². The van der Waals surface area contributed by atoms with Crippen molar-refractivity contribution in [2.75, 3.05) is 20.3 Å². The van der Waals surface area contributed by atoms with Crippen LogP contribution in [-0.2, 0) is 14.4 Å². The third kappa shape index (κ3) is 5.35. The van der Waals surface area contributed by atoms with Crippen LogP contribution in [0.2, 0.25) is 5.02 Å². The molecule has 3 aliphatic rings. The number of carboxylic acids is 1. The minimum absolute atomic E-state index is 0.0212. The molecular weight excluding hydrogens is 506 g/mol. The van der Waals surface area contributed by atoms with Gasteiger partial charge in [-0.25, -0.2) is 0 Å². The molecule has 1 heterocycles. The number of hydrogen-bond acceptors (Lipinski definition) is 6. The van der Waals surface area contributed by atoms with Crippen molar-refractivity contribution in [1.29, 1.82) is 0 Å². The molecule has 7 nitrogen and oxygen atoms in total. The Morgan fingerprint density at radius 1 is 1.03 bits per heavy atom. The minimum Gasteiger partial charge on any atom is -0.493 e. The minimum atomic E-state index is -0.918. The highest BCUT2D eigenvalue weighted by molar-refractivity contribution is 6.32. The van der Waals surface area contributed by atoms with Gasteiger partial charge in [0.15, 0.2) is 23.1 Å². The van der Waals surface area contributed by atoms with Gasteiger partial charge in [0.05, 0.1) is 25.2 Å². The fraction of sp³-hybridized carbons (Fsp3) is 0.567. The van der Waals surface area contributed by atoms with Crippen molar-refractivity contribution in [3.05, 3.63) is 45.3 Å². The van der Waals surface area contributed by atoms with Crippen LogP contribution in [0.5, 0.6) is 11.5 Å². The Kier molecular flexibility index (Phi) is 7.72. The summed E-state index contributed by atoms with van der Waals surface area (Å²) in [7, 11) is 1.54. The van der Waals surface area contributed by atoms with Gasteiger partial charge in [-0.1, -0.05) is 46.2 Å². The van der Waals surface area contributed by atoms with E-state index in [9.17, 15) is 19.5 Å².